The van der Waals surface area contributed by atoms with Crippen molar-refractivity contribution in [3.8, 4) is 22.9 Å². The fourth-order valence-corrected chi connectivity index (χ4v) is 5.14. The first-order valence-corrected chi connectivity index (χ1v) is 14.4. The van der Waals surface area contributed by atoms with Crippen molar-refractivity contribution in [2.45, 2.75) is 64.1 Å². The molecule has 0 aliphatic heterocycles. The van der Waals surface area contributed by atoms with Gasteiger partial charge in [-0.05, 0) is 67.3 Å². The maximum absolute atomic E-state index is 13.9. The molecule has 0 saturated heterocycles. The minimum atomic E-state index is -0.963. The Bertz CT molecular complexity index is 1310. The van der Waals surface area contributed by atoms with Crippen LogP contribution in [0.5, 0.6) is 11.5 Å². The van der Waals surface area contributed by atoms with E-state index in [1.165, 1.54) is 28.9 Å². The Labute approximate surface area is 245 Å². The molecule has 0 spiro atoms. The molecular weight excluding hydrogens is 543 g/mol. The van der Waals surface area contributed by atoms with Gasteiger partial charge >= 0.3 is 0 Å². The third-order valence-electron chi connectivity index (χ3n) is 7.28. The summed E-state index contributed by atoms with van der Waals surface area (Å²) >= 11 is 0. The highest BCUT2D eigenvalue weighted by atomic mass is 19.1. The number of nitrogens with one attached hydrogen (secondary N) is 1. The van der Waals surface area contributed by atoms with E-state index in [-0.39, 0.29) is 30.9 Å². The normalized spacial score (nSPS) is 14.3. The third-order valence-corrected chi connectivity index (χ3v) is 7.28. The van der Waals surface area contributed by atoms with Crippen molar-refractivity contribution in [1.29, 1.82) is 0 Å². The maximum atomic E-state index is 13.9. The first-order valence-electron chi connectivity index (χ1n) is 14.4. The molecule has 1 N–H and O–H groups in total. The first-order chi connectivity index (χ1) is 20.4. The third kappa shape index (κ3) is 8.03. The Morgan fingerprint density at radius 3 is 2.50 bits per heavy atom. The molecule has 4 rings (SSSR count). The highest BCUT2D eigenvalue weighted by molar-refractivity contribution is 5.89. The largest absolute Gasteiger partial charge is 0.493 e. The topological polar surface area (TPSA) is 121 Å². The molecule has 2 aromatic carbocycles. The lowest BCUT2D eigenvalue weighted by Gasteiger charge is -2.33. The number of benzene rings is 2. The number of aromatic nitrogens is 4. The summed E-state index contributed by atoms with van der Waals surface area (Å²) in [7, 11) is 3.08. The molecule has 0 bridgehead atoms. The second-order valence-electron chi connectivity index (χ2n) is 10.1. The van der Waals surface area contributed by atoms with Crippen LogP contribution in [0.15, 0.2) is 42.5 Å². The number of carbonyl (C=O) groups excluding carboxylic acids is 2. The van der Waals surface area contributed by atoms with Crippen LogP contribution in [-0.4, -0.2) is 76.9 Å². The summed E-state index contributed by atoms with van der Waals surface area (Å²) in [5.41, 5.74) is 1.16. The summed E-state index contributed by atoms with van der Waals surface area (Å²) in [4.78, 5) is 30.3. The van der Waals surface area contributed by atoms with Gasteiger partial charge in [-0.1, -0.05) is 31.4 Å². The van der Waals surface area contributed by atoms with E-state index in [0.717, 1.165) is 32.1 Å². The Kier molecular flexibility index (Phi) is 11.2. The van der Waals surface area contributed by atoms with Gasteiger partial charge in [-0.2, -0.15) is 4.80 Å². The van der Waals surface area contributed by atoms with Crippen molar-refractivity contribution in [3.63, 3.8) is 0 Å². The number of amides is 2. The zero-order valence-electron chi connectivity index (χ0n) is 24.4. The van der Waals surface area contributed by atoms with E-state index in [1.807, 2.05) is 6.92 Å². The standard InChI is InChI=1S/C30H39FN6O5/c1-4-42-18-8-17-36(28(21-11-14-23(31)15-12-21)30(39)32-24-9-6-5-7-10-24)27(38)20-37-34-29(33-35-37)22-13-16-25(40-2)26(19-22)41-3/h11-16,19,24,28H,4-10,17-18,20H2,1-3H3,(H,32,39)/t28-/m1/s1. The number of ether oxygens (including phenoxy) is 3. The van der Waals surface area contributed by atoms with Crippen LogP contribution in [-0.2, 0) is 20.9 Å². The lowest BCUT2D eigenvalue weighted by Crippen LogP contribution is -2.48. The lowest BCUT2D eigenvalue weighted by atomic mass is 9.94. The summed E-state index contributed by atoms with van der Waals surface area (Å²) < 4.78 is 30.0. The second-order valence-corrected chi connectivity index (χ2v) is 10.1. The summed E-state index contributed by atoms with van der Waals surface area (Å²) in [6.07, 6.45) is 5.53. The van der Waals surface area contributed by atoms with Crippen LogP contribution < -0.4 is 14.8 Å². The molecule has 12 heteroatoms. The molecule has 226 valence electrons. The molecule has 0 unspecified atom stereocenters. The van der Waals surface area contributed by atoms with Crippen molar-refractivity contribution in [1.82, 2.24) is 30.4 Å². The van der Waals surface area contributed by atoms with E-state index in [4.69, 9.17) is 14.2 Å². The molecule has 1 aromatic heterocycles. The van der Waals surface area contributed by atoms with Gasteiger partial charge in [0.1, 0.15) is 18.4 Å². The smallest absolute Gasteiger partial charge is 0.247 e. The van der Waals surface area contributed by atoms with Crippen LogP contribution in [0.3, 0.4) is 0 Å². The van der Waals surface area contributed by atoms with Gasteiger partial charge in [-0.15, -0.1) is 10.2 Å². The number of hydrogen-bond donors (Lipinski definition) is 1. The summed E-state index contributed by atoms with van der Waals surface area (Å²) in [6.45, 7) is 2.86. The van der Waals surface area contributed by atoms with E-state index in [9.17, 15) is 14.0 Å². The van der Waals surface area contributed by atoms with Crippen molar-refractivity contribution < 1.29 is 28.2 Å². The summed E-state index contributed by atoms with van der Waals surface area (Å²) in [6, 6.07) is 10.00. The SMILES string of the molecule is CCOCCCN(C(=O)Cn1nnc(-c2ccc(OC)c(OC)c2)n1)[C@@H](C(=O)NC1CCCCC1)c1ccc(F)cc1. The van der Waals surface area contributed by atoms with E-state index in [1.54, 1.807) is 37.4 Å². The Morgan fingerprint density at radius 1 is 1.07 bits per heavy atom. The average molecular weight is 583 g/mol. The molecule has 0 radical (unpaired) electrons. The van der Waals surface area contributed by atoms with Gasteiger partial charge in [-0.3, -0.25) is 9.59 Å². The number of hydrogen-bond acceptors (Lipinski definition) is 8. The molecule has 11 nitrogen and oxygen atoms in total. The van der Waals surface area contributed by atoms with Gasteiger partial charge in [0.15, 0.2) is 11.5 Å². The van der Waals surface area contributed by atoms with E-state index < -0.39 is 11.9 Å². The lowest BCUT2D eigenvalue weighted by molar-refractivity contribution is -0.142. The van der Waals surface area contributed by atoms with Crippen molar-refractivity contribution in [2.24, 2.45) is 0 Å². The Hall–Kier alpha value is -4.06. The maximum Gasteiger partial charge on any atom is 0.247 e. The minimum Gasteiger partial charge on any atom is -0.493 e. The van der Waals surface area contributed by atoms with Crippen molar-refractivity contribution in [2.75, 3.05) is 34.0 Å². The van der Waals surface area contributed by atoms with Gasteiger partial charge in [0, 0.05) is 31.4 Å². The molecule has 1 aliphatic rings. The van der Waals surface area contributed by atoms with E-state index in [0.29, 0.717) is 48.1 Å². The summed E-state index contributed by atoms with van der Waals surface area (Å²) in [5.74, 6) is 0.274. The predicted octanol–water partition coefficient (Wildman–Crippen LogP) is 3.94. The highest BCUT2D eigenvalue weighted by Gasteiger charge is 2.33. The Balaban J connectivity index is 1.59. The molecule has 2 amide bonds. The molecule has 1 heterocycles. The van der Waals surface area contributed by atoms with Crippen LogP contribution in [0, 0.1) is 5.82 Å². The number of halogens is 1. The van der Waals surface area contributed by atoms with Gasteiger partial charge in [0.25, 0.3) is 0 Å². The molecule has 1 saturated carbocycles. The van der Waals surface area contributed by atoms with Crippen molar-refractivity contribution >= 4 is 11.8 Å². The zero-order valence-corrected chi connectivity index (χ0v) is 24.4. The number of methoxy groups -OCH3 is 2. The quantitative estimate of drug-likeness (QED) is 0.284. The monoisotopic (exact) mass is 582 g/mol. The molecule has 3 aromatic rings. The summed E-state index contributed by atoms with van der Waals surface area (Å²) in [5, 5.41) is 15.8. The van der Waals surface area contributed by atoms with Crippen LogP contribution in [0.2, 0.25) is 0 Å². The second kappa shape index (κ2) is 15.2. The number of nitrogens with zero attached hydrogens (tertiary/aromatic N) is 5. The van der Waals surface area contributed by atoms with Gasteiger partial charge in [0.05, 0.1) is 14.2 Å². The van der Waals surface area contributed by atoms with Crippen LogP contribution in [0.1, 0.15) is 57.1 Å². The van der Waals surface area contributed by atoms with Gasteiger partial charge in [-0.25, -0.2) is 4.39 Å². The van der Waals surface area contributed by atoms with Crippen LogP contribution >= 0.6 is 0 Å². The van der Waals surface area contributed by atoms with Crippen LogP contribution in [0.4, 0.5) is 4.39 Å². The fraction of sp³-hybridized carbons (Fsp3) is 0.500. The first kappa shape index (κ1) is 30.9. The number of carbonyl (C=O) groups is 2. The molecule has 42 heavy (non-hydrogen) atoms. The number of tetrazole rings is 1. The van der Waals surface area contributed by atoms with E-state index in [2.05, 4.69) is 20.7 Å². The number of rotatable bonds is 14. The van der Waals surface area contributed by atoms with Gasteiger partial charge in [0.2, 0.25) is 17.6 Å². The van der Waals surface area contributed by atoms with E-state index >= 15 is 0 Å². The zero-order chi connectivity index (χ0) is 29.9. The average Bonchev–Trinajstić information content (AvgIpc) is 3.47. The van der Waals surface area contributed by atoms with Crippen molar-refractivity contribution in [3.05, 3.63) is 53.8 Å². The molecule has 1 atom stereocenters. The minimum absolute atomic E-state index is 0.0376. The highest BCUT2D eigenvalue weighted by Crippen LogP contribution is 2.31. The molecule has 1 fully saturated rings. The predicted molar refractivity (Wildman–Crippen MR) is 153 cm³/mol. The Morgan fingerprint density at radius 2 is 1.81 bits per heavy atom. The van der Waals surface area contributed by atoms with Gasteiger partial charge < -0.3 is 24.4 Å². The molecular formula is C30H39FN6O5. The molecule has 1 aliphatic carbocycles. The van der Waals surface area contributed by atoms with Crippen LogP contribution in [0.25, 0.3) is 11.4 Å². The fourth-order valence-electron chi connectivity index (χ4n) is 5.14.